The molecule has 96 valence electrons. The van der Waals surface area contributed by atoms with Crippen LogP contribution in [0.5, 0.6) is 0 Å². The molecule has 17 heavy (non-hydrogen) atoms. The highest BCUT2D eigenvalue weighted by molar-refractivity contribution is 7.77. The molecule has 1 heteroatoms. The van der Waals surface area contributed by atoms with E-state index in [1.54, 1.807) is 0 Å². The normalized spacial score (nSPS) is 12.5. The summed E-state index contributed by atoms with van der Waals surface area (Å²) in [5.74, 6) is 2.60. The fraction of sp³-hybridized carbons (Fsp3) is 0.562. The quantitative estimate of drug-likeness (QED) is 0.654. The first-order valence-electron chi connectivity index (χ1n) is 6.70. The minimum absolute atomic E-state index is 0.766. The molecule has 1 aromatic rings. The molecular weight excluding hydrogens is 223 g/mol. The maximum Gasteiger partial charge on any atom is -0.0255 e. The second-order valence-corrected chi connectivity index (χ2v) is 10.9. The predicted molar refractivity (Wildman–Crippen MR) is 83.9 cm³/mol. The van der Waals surface area contributed by atoms with Gasteiger partial charge in [0.05, 0.1) is 0 Å². The molecule has 1 aromatic carbocycles. The fourth-order valence-corrected chi connectivity index (χ4v) is 8.19. The van der Waals surface area contributed by atoms with Gasteiger partial charge in [-0.15, -0.1) is 0 Å². The van der Waals surface area contributed by atoms with E-state index in [0.717, 1.165) is 17.0 Å². The van der Waals surface area contributed by atoms with Crippen molar-refractivity contribution in [2.24, 2.45) is 0 Å². The van der Waals surface area contributed by atoms with E-state index in [9.17, 15) is 0 Å². The lowest BCUT2D eigenvalue weighted by Crippen LogP contribution is -2.19. The first-order valence-corrected chi connectivity index (χ1v) is 8.76. The third-order valence-corrected chi connectivity index (χ3v) is 9.97. The largest absolute Gasteiger partial charge is 0.0970 e. The Morgan fingerprint density at radius 3 is 1.53 bits per heavy atom. The average molecular weight is 250 g/mol. The number of benzene rings is 1. The topological polar surface area (TPSA) is 0 Å². The van der Waals surface area contributed by atoms with Crippen molar-refractivity contribution < 1.29 is 0 Å². The molecule has 0 unspecified atom stereocenters. The maximum absolute atomic E-state index is 2.60. The molecule has 0 bridgehead atoms. The molecule has 0 aliphatic carbocycles. The molecule has 0 atom stereocenters. The summed E-state index contributed by atoms with van der Waals surface area (Å²) < 4.78 is 0. The van der Waals surface area contributed by atoms with Gasteiger partial charge in [0, 0.05) is 0 Å². The number of hydrogen-bond donors (Lipinski definition) is 0. The molecule has 0 aliphatic rings. The Bertz CT molecular complexity index is 357. The Labute approximate surface area is 107 Å². The molecule has 0 amide bonds. The molecule has 0 aliphatic heterocycles. The highest BCUT2D eigenvalue weighted by Crippen LogP contribution is 2.60. The van der Waals surface area contributed by atoms with Crippen molar-refractivity contribution >= 4 is 12.7 Å². The van der Waals surface area contributed by atoms with Gasteiger partial charge < -0.3 is 0 Å². The third-order valence-electron chi connectivity index (χ3n) is 3.86. The van der Waals surface area contributed by atoms with Crippen molar-refractivity contribution in [3.63, 3.8) is 0 Å². The van der Waals surface area contributed by atoms with Gasteiger partial charge in [-0.25, -0.2) is 0 Å². The molecule has 0 heterocycles. The van der Waals surface area contributed by atoms with E-state index < -0.39 is 6.89 Å². The first-order chi connectivity index (χ1) is 7.91. The van der Waals surface area contributed by atoms with Crippen LogP contribution >= 0.6 is 6.89 Å². The Hall–Kier alpha value is -0.480. The van der Waals surface area contributed by atoms with Crippen molar-refractivity contribution in [3.8, 4) is 0 Å². The molecule has 0 nitrogen and oxygen atoms in total. The Balaban J connectivity index is 3.37. The molecule has 0 saturated carbocycles. The lowest BCUT2D eigenvalue weighted by atomic mass is 10.2. The van der Waals surface area contributed by atoms with Gasteiger partial charge in [-0.05, 0) is 22.5 Å². The van der Waals surface area contributed by atoms with E-state index >= 15 is 0 Å². The summed E-state index contributed by atoms with van der Waals surface area (Å²) in [7, 11) is 0. The average Bonchev–Trinajstić information content (AvgIpc) is 2.25. The molecule has 1 rings (SSSR count). The monoisotopic (exact) mass is 250 g/mol. The van der Waals surface area contributed by atoms with Crippen LogP contribution in [0.4, 0.5) is 0 Å². The second-order valence-electron chi connectivity index (χ2n) is 5.72. The maximum atomic E-state index is 2.60. The minimum Gasteiger partial charge on any atom is -0.0970 e. The molecular formula is C16H27P. The van der Waals surface area contributed by atoms with Gasteiger partial charge in [0.1, 0.15) is 0 Å². The van der Waals surface area contributed by atoms with Gasteiger partial charge in [-0.1, -0.05) is 84.6 Å². The summed E-state index contributed by atoms with van der Waals surface area (Å²) in [6.07, 6.45) is 0. The van der Waals surface area contributed by atoms with Crippen molar-refractivity contribution in [1.29, 1.82) is 0 Å². The molecule has 0 spiro atoms. The van der Waals surface area contributed by atoms with Crippen LogP contribution in [-0.2, 0) is 0 Å². The molecule has 0 aromatic heterocycles. The summed E-state index contributed by atoms with van der Waals surface area (Å²) >= 11 is 0. The Morgan fingerprint density at radius 2 is 1.18 bits per heavy atom. The number of rotatable bonds is 4. The summed E-state index contributed by atoms with van der Waals surface area (Å²) in [5, 5.41) is 0. The van der Waals surface area contributed by atoms with Crippen molar-refractivity contribution in [2.75, 3.05) is 0 Å². The van der Waals surface area contributed by atoms with Gasteiger partial charge in [0.25, 0.3) is 0 Å². The van der Waals surface area contributed by atoms with E-state index in [4.69, 9.17) is 0 Å². The van der Waals surface area contributed by atoms with E-state index in [2.05, 4.69) is 77.7 Å². The van der Waals surface area contributed by atoms with Crippen LogP contribution in [0.1, 0.15) is 47.1 Å². The van der Waals surface area contributed by atoms with Crippen molar-refractivity contribution in [2.45, 2.75) is 58.5 Å². The van der Waals surface area contributed by atoms with Crippen LogP contribution in [0.25, 0.3) is 0 Å². The first kappa shape index (κ1) is 14.6. The molecule has 0 saturated heterocycles. The van der Waals surface area contributed by atoms with Crippen LogP contribution < -0.4 is 0 Å². The second kappa shape index (κ2) is 5.91. The highest BCUT2D eigenvalue weighted by atomic mass is 31.2. The van der Waals surface area contributed by atoms with Crippen molar-refractivity contribution in [1.82, 2.24) is 0 Å². The number of hydrogen-bond acceptors (Lipinski definition) is 0. The molecule has 0 radical (unpaired) electrons. The molecule has 0 fully saturated rings. The third kappa shape index (κ3) is 3.05. The standard InChI is InChI=1S/C16H27P/c1-13(2)17(14(3)4,15(5)6)12-16-10-8-7-9-11-16/h7-15H,1-6H3. The zero-order chi connectivity index (χ0) is 13.1. The summed E-state index contributed by atoms with van der Waals surface area (Å²) in [5.41, 5.74) is 3.70. The smallest absolute Gasteiger partial charge is 0.0255 e. The van der Waals surface area contributed by atoms with Crippen LogP contribution in [0, 0.1) is 0 Å². The van der Waals surface area contributed by atoms with Crippen LogP contribution in [0.15, 0.2) is 30.3 Å². The van der Waals surface area contributed by atoms with Gasteiger partial charge in [-0.3, -0.25) is 0 Å². The van der Waals surface area contributed by atoms with Gasteiger partial charge in [0.15, 0.2) is 0 Å². The van der Waals surface area contributed by atoms with Crippen LogP contribution in [0.2, 0.25) is 0 Å². The summed E-state index contributed by atoms with van der Waals surface area (Å²) in [6, 6.07) is 10.9. The van der Waals surface area contributed by atoms with Gasteiger partial charge >= 0.3 is 0 Å². The lowest BCUT2D eigenvalue weighted by molar-refractivity contribution is 0.940. The van der Waals surface area contributed by atoms with Gasteiger partial charge in [-0.2, -0.15) is 0 Å². The van der Waals surface area contributed by atoms with Crippen molar-refractivity contribution in [3.05, 3.63) is 35.9 Å². The van der Waals surface area contributed by atoms with E-state index in [1.807, 2.05) is 0 Å². The molecule has 0 N–H and O–H groups in total. The predicted octanol–water partition coefficient (Wildman–Crippen LogP) is 5.08. The SMILES string of the molecule is CC(C)P(=Cc1ccccc1)(C(C)C)C(C)C. The summed E-state index contributed by atoms with van der Waals surface area (Å²) in [6.45, 7) is 13.3. The summed E-state index contributed by atoms with van der Waals surface area (Å²) in [4.78, 5) is 0. The van der Waals surface area contributed by atoms with E-state index in [1.165, 1.54) is 5.56 Å². The van der Waals surface area contributed by atoms with Gasteiger partial charge in [0.2, 0.25) is 0 Å². The fourth-order valence-electron chi connectivity index (χ4n) is 3.03. The zero-order valence-corrected chi connectivity index (χ0v) is 13.0. The Morgan fingerprint density at radius 1 is 0.765 bits per heavy atom. The van der Waals surface area contributed by atoms with E-state index in [-0.39, 0.29) is 0 Å². The van der Waals surface area contributed by atoms with E-state index in [0.29, 0.717) is 0 Å². The Kier molecular flexibility index (Phi) is 5.07. The zero-order valence-electron chi connectivity index (χ0n) is 12.1. The van der Waals surface area contributed by atoms with Crippen LogP contribution in [0.3, 0.4) is 0 Å². The highest BCUT2D eigenvalue weighted by Gasteiger charge is 2.28. The van der Waals surface area contributed by atoms with Crippen LogP contribution in [-0.4, -0.2) is 22.8 Å². The minimum atomic E-state index is -1.06. The lowest BCUT2D eigenvalue weighted by Gasteiger charge is -2.38.